The highest BCUT2D eigenvalue weighted by Crippen LogP contribution is 1.87. The van der Waals surface area contributed by atoms with Crippen molar-refractivity contribution < 1.29 is 4.57 Å². The third-order valence-corrected chi connectivity index (χ3v) is 1.59. The Labute approximate surface area is 67.8 Å². The Balaban J connectivity index is 2.65. The van der Waals surface area contributed by atoms with Crippen LogP contribution >= 0.6 is 0 Å². The van der Waals surface area contributed by atoms with E-state index in [0.717, 1.165) is 13.0 Å². The summed E-state index contributed by atoms with van der Waals surface area (Å²) in [5.41, 5.74) is 0. The number of imidazole rings is 1. The lowest BCUT2D eigenvalue weighted by atomic mass is 10.5. The quantitative estimate of drug-likeness (QED) is 0.581. The van der Waals surface area contributed by atoms with Gasteiger partial charge in [0, 0.05) is 0 Å². The van der Waals surface area contributed by atoms with E-state index in [9.17, 15) is 0 Å². The minimum absolute atomic E-state index is 1.03. The van der Waals surface area contributed by atoms with Gasteiger partial charge in [-0.25, -0.2) is 9.13 Å². The van der Waals surface area contributed by atoms with Crippen molar-refractivity contribution in [3.8, 4) is 0 Å². The summed E-state index contributed by atoms with van der Waals surface area (Å²) in [7, 11) is 0. The van der Waals surface area contributed by atoms with Crippen molar-refractivity contribution in [2.24, 2.45) is 0 Å². The van der Waals surface area contributed by atoms with E-state index in [1.807, 2.05) is 0 Å². The maximum Gasteiger partial charge on any atom is 0.248 e. The van der Waals surface area contributed by atoms with Gasteiger partial charge in [0.15, 0.2) is 0 Å². The van der Waals surface area contributed by atoms with Gasteiger partial charge in [-0.05, 0) is 19.4 Å². The van der Waals surface area contributed by atoms with Crippen molar-refractivity contribution in [3.05, 3.63) is 24.8 Å². The molecule has 0 atom stereocenters. The third-order valence-electron chi connectivity index (χ3n) is 1.59. The molecule has 2 heteroatoms. The van der Waals surface area contributed by atoms with Gasteiger partial charge < -0.3 is 0 Å². The maximum absolute atomic E-state index is 2.14. The van der Waals surface area contributed by atoms with Gasteiger partial charge >= 0.3 is 0 Å². The molecule has 11 heavy (non-hydrogen) atoms. The zero-order valence-electron chi connectivity index (χ0n) is 7.20. The molecule has 0 spiro atoms. The van der Waals surface area contributed by atoms with Gasteiger partial charge in [-0.3, -0.25) is 0 Å². The van der Waals surface area contributed by atoms with Crippen LogP contribution < -0.4 is 4.57 Å². The predicted molar refractivity (Wildman–Crippen MR) is 45.9 cm³/mol. The van der Waals surface area contributed by atoms with Gasteiger partial charge in [-0.1, -0.05) is 6.92 Å². The van der Waals surface area contributed by atoms with Crippen LogP contribution in [0.3, 0.4) is 0 Å². The van der Waals surface area contributed by atoms with E-state index in [0.29, 0.717) is 0 Å². The molecule has 0 N–H and O–H groups in total. The molecule has 0 aromatic carbocycles. The first-order chi connectivity index (χ1) is 5.36. The van der Waals surface area contributed by atoms with Crippen LogP contribution in [0.4, 0.5) is 0 Å². The van der Waals surface area contributed by atoms with Crippen LogP contribution in [0.15, 0.2) is 24.8 Å². The van der Waals surface area contributed by atoms with Crippen LogP contribution in [0.5, 0.6) is 0 Å². The minimum atomic E-state index is 1.03. The summed E-state index contributed by atoms with van der Waals surface area (Å²) >= 11 is 0. The average molecular weight is 151 g/mol. The summed E-state index contributed by atoms with van der Waals surface area (Å²) in [6.07, 6.45) is 11.5. The number of aromatic nitrogens is 2. The number of nitrogens with zero attached hydrogens (tertiary/aromatic N) is 2. The summed E-state index contributed by atoms with van der Waals surface area (Å²) < 4.78 is 4.20. The minimum Gasteiger partial charge on any atom is -0.237 e. The largest absolute Gasteiger partial charge is 0.248 e. The topological polar surface area (TPSA) is 8.81 Å². The maximum atomic E-state index is 2.14. The lowest BCUT2D eigenvalue weighted by Crippen LogP contribution is -2.28. The van der Waals surface area contributed by atoms with E-state index in [1.165, 1.54) is 0 Å². The summed E-state index contributed by atoms with van der Waals surface area (Å²) in [5, 5.41) is 0. The monoisotopic (exact) mass is 151 g/mol. The fraction of sp³-hybridized carbons (Fsp3) is 0.444. The molecule has 2 nitrogen and oxygen atoms in total. The van der Waals surface area contributed by atoms with E-state index < -0.39 is 0 Å². The molecule has 0 radical (unpaired) electrons. The summed E-state index contributed by atoms with van der Waals surface area (Å²) in [5.74, 6) is 0. The van der Waals surface area contributed by atoms with Gasteiger partial charge in [0.1, 0.15) is 12.4 Å². The Morgan fingerprint density at radius 2 is 2.27 bits per heavy atom. The van der Waals surface area contributed by atoms with Gasteiger partial charge in [0.2, 0.25) is 6.33 Å². The van der Waals surface area contributed by atoms with E-state index in [-0.39, 0.29) is 0 Å². The molecule has 0 fully saturated rings. The van der Waals surface area contributed by atoms with Gasteiger partial charge in [-0.2, -0.15) is 0 Å². The molecular weight excluding hydrogens is 136 g/mol. The molecule has 1 aromatic heterocycles. The Bertz CT molecular complexity index is 235. The van der Waals surface area contributed by atoms with Crippen molar-refractivity contribution >= 4 is 6.20 Å². The van der Waals surface area contributed by atoms with E-state index in [2.05, 4.69) is 54.0 Å². The fourth-order valence-electron chi connectivity index (χ4n) is 0.913. The predicted octanol–water partition coefficient (Wildman–Crippen LogP) is 1.68. The Morgan fingerprint density at radius 3 is 2.82 bits per heavy atom. The molecule has 0 saturated heterocycles. The second-order valence-corrected chi connectivity index (χ2v) is 2.48. The fourth-order valence-corrected chi connectivity index (χ4v) is 0.913. The number of rotatable bonds is 3. The molecule has 0 aliphatic heterocycles. The zero-order valence-corrected chi connectivity index (χ0v) is 7.20. The van der Waals surface area contributed by atoms with Crippen LogP contribution in [0.25, 0.3) is 6.20 Å². The highest BCUT2D eigenvalue weighted by molar-refractivity contribution is 5.19. The molecule has 0 saturated carbocycles. The van der Waals surface area contributed by atoms with Crippen molar-refractivity contribution in [1.82, 2.24) is 4.57 Å². The van der Waals surface area contributed by atoms with Gasteiger partial charge in [-0.15, -0.1) is 0 Å². The second kappa shape index (κ2) is 3.96. The summed E-state index contributed by atoms with van der Waals surface area (Å²) in [6, 6.07) is 0. The molecule has 1 aromatic rings. The summed E-state index contributed by atoms with van der Waals surface area (Å²) in [4.78, 5) is 0. The van der Waals surface area contributed by atoms with Crippen molar-refractivity contribution in [2.45, 2.75) is 26.8 Å². The number of hydrogen-bond donors (Lipinski definition) is 0. The molecular formula is C9H15N2+. The Kier molecular flexibility index (Phi) is 2.90. The van der Waals surface area contributed by atoms with Gasteiger partial charge in [0.05, 0.1) is 12.7 Å². The third kappa shape index (κ3) is 2.22. The lowest BCUT2D eigenvalue weighted by Gasteiger charge is -1.83. The number of aryl methyl sites for hydroxylation is 1. The molecule has 1 heterocycles. The lowest BCUT2D eigenvalue weighted by molar-refractivity contribution is -0.692. The number of allylic oxidation sites excluding steroid dienone is 1. The highest BCUT2D eigenvalue weighted by atomic mass is 15.1. The van der Waals surface area contributed by atoms with Crippen LogP contribution in [0, 0.1) is 0 Å². The first-order valence-electron chi connectivity index (χ1n) is 4.10. The standard InChI is InChI=1S/C9H15N2/c1-3-5-6-11-8-7-10(4-2)9-11/h5-9H,3-4H2,1-2H3/q+1. The highest BCUT2D eigenvalue weighted by Gasteiger charge is 1.95. The van der Waals surface area contributed by atoms with Crippen LogP contribution in [-0.4, -0.2) is 4.57 Å². The normalized spacial score (nSPS) is 11.1. The van der Waals surface area contributed by atoms with Crippen LogP contribution in [0.2, 0.25) is 0 Å². The molecule has 0 aliphatic rings. The molecule has 0 aliphatic carbocycles. The SMILES string of the molecule is CCC=Cn1cc[n+](CC)c1. The first-order valence-corrected chi connectivity index (χ1v) is 4.10. The smallest absolute Gasteiger partial charge is 0.237 e. The molecule has 1 rings (SSSR count). The summed E-state index contributed by atoms with van der Waals surface area (Å²) in [6.45, 7) is 5.30. The first kappa shape index (κ1) is 8.05. The molecule has 0 bridgehead atoms. The Morgan fingerprint density at radius 1 is 1.45 bits per heavy atom. The van der Waals surface area contributed by atoms with Crippen molar-refractivity contribution in [2.75, 3.05) is 0 Å². The van der Waals surface area contributed by atoms with E-state index >= 15 is 0 Å². The molecule has 0 amide bonds. The molecule has 60 valence electrons. The average Bonchev–Trinajstić information content (AvgIpc) is 2.48. The molecule has 0 unspecified atom stereocenters. The van der Waals surface area contributed by atoms with Gasteiger partial charge in [0.25, 0.3) is 0 Å². The van der Waals surface area contributed by atoms with Crippen LogP contribution in [0.1, 0.15) is 20.3 Å². The Hall–Kier alpha value is -1.05. The van der Waals surface area contributed by atoms with Crippen LogP contribution in [-0.2, 0) is 6.54 Å². The zero-order chi connectivity index (χ0) is 8.10. The van der Waals surface area contributed by atoms with E-state index in [1.54, 1.807) is 0 Å². The van der Waals surface area contributed by atoms with Crippen molar-refractivity contribution in [1.29, 1.82) is 0 Å². The second-order valence-electron chi connectivity index (χ2n) is 2.48. The van der Waals surface area contributed by atoms with Crippen molar-refractivity contribution in [3.63, 3.8) is 0 Å². The number of hydrogen-bond acceptors (Lipinski definition) is 0. The van der Waals surface area contributed by atoms with E-state index in [4.69, 9.17) is 0 Å².